The molecule has 0 saturated carbocycles. The molecule has 9 nitrogen and oxygen atoms in total. The molecule has 2 saturated heterocycles. The van der Waals surface area contributed by atoms with Crippen LogP contribution in [0.1, 0.15) is 0 Å². The highest BCUT2D eigenvalue weighted by molar-refractivity contribution is 5.10. The fourth-order valence-electron chi connectivity index (χ4n) is 2.69. The van der Waals surface area contributed by atoms with E-state index in [1.165, 1.54) is 0 Å². The van der Waals surface area contributed by atoms with Crippen LogP contribution in [-0.4, -0.2) is 104 Å². The smallest absolute Gasteiger partial charge is 0.228 e. The Morgan fingerprint density at radius 3 is 2.24 bits per heavy atom. The fourth-order valence-corrected chi connectivity index (χ4v) is 2.69. The number of aliphatic hydroxyl groups excluding tert-OH is 6. The van der Waals surface area contributed by atoms with Gasteiger partial charge in [-0.2, -0.15) is 0 Å². The highest BCUT2D eigenvalue weighted by atomic mass is 19.1. The van der Waals surface area contributed by atoms with E-state index in [-0.39, 0.29) is 0 Å². The standard InChI is InChI=1S/C11H19FO9/c12-10-8(18)11(19,7(17)4(1-13)21-10)9-6(16)5(15)3(14)2-20-9/h3-10,13-19H,1-2H2/t3-,4-,5+,6-,7-,8+,9?,10?,11+/m1/s1. The van der Waals surface area contributed by atoms with Gasteiger partial charge in [0.15, 0.2) is 5.60 Å². The number of halogens is 1. The average molecular weight is 314 g/mol. The van der Waals surface area contributed by atoms with E-state index in [0.29, 0.717) is 0 Å². The molecule has 0 aromatic heterocycles. The van der Waals surface area contributed by atoms with E-state index in [4.69, 9.17) is 9.84 Å². The van der Waals surface area contributed by atoms with Crippen LogP contribution in [0, 0.1) is 0 Å². The number of hydrogen-bond acceptors (Lipinski definition) is 9. The number of alkyl halides is 1. The van der Waals surface area contributed by atoms with E-state index in [0.717, 1.165) is 0 Å². The number of rotatable bonds is 2. The van der Waals surface area contributed by atoms with Crippen LogP contribution in [0.15, 0.2) is 0 Å². The van der Waals surface area contributed by atoms with Crippen LogP contribution in [-0.2, 0) is 9.47 Å². The lowest BCUT2D eigenvalue weighted by Gasteiger charge is -2.52. The molecule has 0 aromatic carbocycles. The summed E-state index contributed by atoms with van der Waals surface area (Å²) in [5.74, 6) is 0. The van der Waals surface area contributed by atoms with Gasteiger partial charge in [0.25, 0.3) is 0 Å². The summed E-state index contributed by atoms with van der Waals surface area (Å²) < 4.78 is 23.1. The van der Waals surface area contributed by atoms with Gasteiger partial charge in [-0.15, -0.1) is 0 Å². The summed E-state index contributed by atoms with van der Waals surface area (Å²) >= 11 is 0. The topological polar surface area (TPSA) is 160 Å². The second-order valence-electron chi connectivity index (χ2n) is 5.29. The lowest BCUT2D eigenvalue weighted by atomic mass is 9.75. The van der Waals surface area contributed by atoms with E-state index < -0.39 is 67.9 Å². The van der Waals surface area contributed by atoms with Crippen LogP contribution in [0.25, 0.3) is 0 Å². The molecule has 0 amide bonds. The minimum atomic E-state index is -2.74. The van der Waals surface area contributed by atoms with Gasteiger partial charge in [-0.3, -0.25) is 0 Å². The SMILES string of the molecule is OC[C@H]1OC(F)[C@H](O)[C@](O)(C2OC[C@@H](O)[C@H](O)[C@H]2O)[C@@H]1O. The predicted octanol–water partition coefficient (Wildman–Crippen LogP) is -4.39. The zero-order valence-electron chi connectivity index (χ0n) is 10.9. The quantitative estimate of drug-likeness (QED) is 0.267. The van der Waals surface area contributed by atoms with Crippen molar-refractivity contribution in [3.63, 3.8) is 0 Å². The Bertz CT molecular complexity index is 372. The first-order valence-electron chi connectivity index (χ1n) is 6.39. The first-order chi connectivity index (χ1) is 9.75. The Hall–Kier alpha value is -0.430. The van der Waals surface area contributed by atoms with Gasteiger partial charge in [-0.1, -0.05) is 0 Å². The largest absolute Gasteiger partial charge is 0.394 e. The van der Waals surface area contributed by atoms with E-state index in [9.17, 15) is 35.0 Å². The Kier molecular flexibility index (Phi) is 4.83. The first-order valence-corrected chi connectivity index (χ1v) is 6.39. The zero-order chi connectivity index (χ0) is 15.9. The second-order valence-corrected chi connectivity index (χ2v) is 5.29. The number of aliphatic hydroxyl groups is 7. The molecule has 0 radical (unpaired) electrons. The second kappa shape index (κ2) is 5.99. The summed E-state index contributed by atoms with van der Waals surface area (Å²) in [6.45, 7) is -1.36. The van der Waals surface area contributed by atoms with Crippen LogP contribution >= 0.6 is 0 Å². The molecule has 0 aromatic rings. The van der Waals surface area contributed by atoms with Crippen molar-refractivity contribution in [2.75, 3.05) is 13.2 Å². The third-order valence-electron chi connectivity index (χ3n) is 3.99. The minimum absolute atomic E-state index is 0.508. The molecular weight excluding hydrogens is 295 g/mol. The van der Waals surface area contributed by atoms with Crippen molar-refractivity contribution >= 4 is 0 Å². The zero-order valence-corrected chi connectivity index (χ0v) is 10.9. The molecule has 0 bridgehead atoms. The van der Waals surface area contributed by atoms with Gasteiger partial charge in [-0.05, 0) is 0 Å². The molecule has 9 atom stereocenters. The predicted molar refractivity (Wildman–Crippen MR) is 61.6 cm³/mol. The minimum Gasteiger partial charge on any atom is -0.394 e. The summed E-state index contributed by atoms with van der Waals surface area (Å²) in [5.41, 5.74) is -2.74. The van der Waals surface area contributed by atoms with Gasteiger partial charge >= 0.3 is 0 Å². The number of hydrogen-bond donors (Lipinski definition) is 7. The van der Waals surface area contributed by atoms with Gasteiger partial charge in [-0.25, -0.2) is 4.39 Å². The normalized spacial score (nSPS) is 55.4. The van der Waals surface area contributed by atoms with Crippen molar-refractivity contribution in [3.05, 3.63) is 0 Å². The van der Waals surface area contributed by atoms with Crippen LogP contribution in [0.4, 0.5) is 4.39 Å². The first kappa shape index (κ1) is 16.9. The van der Waals surface area contributed by atoms with E-state index in [2.05, 4.69) is 4.74 Å². The molecule has 2 aliphatic rings. The van der Waals surface area contributed by atoms with Crippen LogP contribution < -0.4 is 0 Å². The van der Waals surface area contributed by atoms with E-state index in [1.54, 1.807) is 0 Å². The summed E-state index contributed by atoms with van der Waals surface area (Å²) in [5, 5.41) is 68.1. The molecule has 7 N–H and O–H groups in total. The summed E-state index contributed by atoms with van der Waals surface area (Å²) in [4.78, 5) is 0. The van der Waals surface area contributed by atoms with Crippen molar-refractivity contribution in [1.29, 1.82) is 0 Å². The summed E-state index contributed by atoms with van der Waals surface area (Å²) in [6, 6.07) is 0. The molecule has 2 heterocycles. The van der Waals surface area contributed by atoms with Crippen LogP contribution in [0.2, 0.25) is 0 Å². The Labute approximate surface area is 118 Å². The average Bonchev–Trinajstić information content (AvgIpc) is 2.46. The van der Waals surface area contributed by atoms with Crippen LogP contribution in [0.3, 0.4) is 0 Å². The molecule has 10 heteroatoms. The monoisotopic (exact) mass is 314 g/mol. The van der Waals surface area contributed by atoms with Gasteiger partial charge < -0.3 is 45.2 Å². The molecular formula is C11H19FO9. The fraction of sp³-hybridized carbons (Fsp3) is 1.00. The molecule has 0 spiro atoms. The number of ether oxygens (including phenoxy) is 2. The third kappa shape index (κ3) is 2.56. The lowest BCUT2D eigenvalue weighted by Crippen LogP contribution is -2.75. The van der Waals surface area contributed by atoms with Gasteiger partial charge in [0, 0.05) is 0 Å². The molecule has 2 unspecified atom stereocenters. The van der Waals surface area contributed by atoms with Crippen molar-refractivity contribution in [1.82, 2.24) is 0 Å². The Balaban J connectivity index is 2.32. The third-order valence-corrected chi connectivity index (χ3v) is 3.99. The molecule has 124 valence electrons. The van der Waals surface area contributed by atoms with Crippen molar-refractivity contribution in [3.8, 4) is 0 Å². The lowest BCUT2D eigenvalue weighted by molar-refractivity contribution is -0.348. The molecule has 21 heavy (non-hydrogen) atoms. The summed E-state index contributed by atoms with van der Waals surface area (Å²) in [6.07, 6.45) is -15.2. The van der Waals surface area contributed by atoms with Crippen molar-refractivity contribution in [2.24, 2.45) is 0 Å². The maximum absolute atomic E-state index is 13.6. The van der Waals surface area contributed by atoms with E-state index in [1.807, 2.05) is 0 Å². The maximum Gasteiger partial charge on any atom is 0.228 e. The Morgan fingerprint density at radius 2 is 1.67 bits per heavy atom. The highest BCUT2D eigenvalue weighted by Crippen LogP contribution is 2.37. The van der Waals surface area contributed by atoms with Crippen molar-refractivity contribution in [2.45, 2.75) is 54.7 Å². The summed E-state index contributed by atoms with van der Waals surface area (Å²) in [7, 11) is 0. The van der Waals surface area contributed by atoms with Gasteiger partial charge in [0.2, 0.25) is 6.36 Å². The molecule has 2 rings (SSSR count). The van der Waals surface area contributed by atoms with Gasteiger partial charge in [0.05, 0.1) is 13.2 Å². The van der Waals surface area contributed by atoms with Crippen molar-refractivity contribution < 1.29 is 49.6 Å². The maximum atomic E-state index is 13.6. The van der Waals surface area contributed by atoms with E-state index >= 15 is 0 Å². The van der Waals surface area contributed by atoms with Gasteiger partial charge in [0.1, 0.15) is 42.7 Å². The molecule has 0 aliphatic carbocycles. The van der Waals surface area contributed by atoms with Crippen LogP contribution in [0.5, 0.6) is 0 Å². The molecule has 2 fully saturated rings. The molecule has 2 aliphatic heterocycles. The highest BCUT2D eigenvalue weighted by Gasteiger charge is 2.63. The Morgan fingerprint density at radius 1 is 1.05 bits per heavy atom.